The average Bonchev–Trinajstić information content (AvgIpc) is 3.16. The van der Waals surface area contributed by atoms with E-state index in [0.29, 0.717) is 24.7 Å². The highest BCUT2D eigenvalue weighted by atomic mass is 17.2. The molecule has 8 heteroatoms. The molecule has 0 amide bonds. The number of carbonyl (C=O) groups excluding carboxylic acids is 4. The maximum Gasteiger partial charge on any atom is 0.358 e. The van der Waals surface area contributed by atoms with Gasteiger partial charge in [-0.3, -0.25) is 0 Å². The molecule has 1 saturated carbocycles. The van der Waals surface area contributed by atoms with E-state index in [1.807, 2.05) is 0 Å². The zero-order chi connectivity index (χ0) is 38.6. The highest BCUT2D eigenvalue weighted by molar-refractivity contribution is 5.75. The van der Waals surface area contributed by atoms with Crippen LogP contribution in [0.2, 0.25) is 0 Å². The Hall–Kier alpha value is -2.12. The van der Waals surface area contributed by atoms with Crippen molar-refractivity contribution in [3.05, 3.63) is 0 Å². The Labute approximate surface area is 325 Å². The second kappa shape index (κ2) is 35.6. The van der Waals surface area contributed by atoms with Crippen LogP contribution < -0.4 is 0 Å². The Bertz CT molecular complexity index is 905. The van der Waals surface area contributed by atoms with Crippen LogP contribution >= 0.6 is 0 Å². The zero-order valence-electron chi connectivity index (χ0n) is 34.7. The summed E-state index contributed by atoms with van der Waals surface area (Å²) in [5.74, 6) is -1.13. The van der Waals surface area contributed by atoms with Gasteiger partial charge in [-0.25, -0.2) is 38.7 Å². The van der Waals surface area contributed by atoms with Crippen LogP contribution in [0, 0.1) is 17.8 Å². The van der Waals surface area contributed by atoms with Gasteiger partial charge in [-0.2, -0.15) is 0 Å². The molecule has 1 aliphatic carbocycles. The minimum atomic E-state index is -0.475. The van der Waals surface area contributed by atoms with E-state index in [2.05, 4.69) is 20.8 Å². The van der Waals surface area contributed by atoms with Crippen LogP contribution in [-0.4, -0.2) is 23.9 Å². The van der Waals surface area contributed by atoms with E-state index in [9.17, 15) is 19.2 Å². The molecule has 1 fully saturated rings. The molecule has 0 aliphatic heterocycles. The average molecular weight is 751 g/mol. The Morgan fingerprint density at radius 3 is 1.17 bits per heavy atom. The summed E-state index contributed by atoms with van der Waals surface area (Å²) in [5, 5.41) is 0. The molecule has 0 bridgehead atoms. The first kappa shape index (κ1) is 48.9. The first-order valence-corrected chi connectivity index (χ1v) is 22.7. The van der Waals surface area contributed by atoms with Crippen LogP contribution in [0.4, 0.5) is 0 Å². The molecule has 1 aliphatic rings. The van der Waals surface area contributed by atoms with Crippen LogP contribution in [0.25, 0.3) is 0 Å². The quantitative estimate of drug-likeness (QED) is 0.0364. The second-order valence-electron chi connectivity index (χ2n) is 16.1. The van der Waals surface area contributed by atoms with Gasteiger partial charge in [-0.15, -0.1) is 0 Å². The molecule has 0 aromatic heterocycles. The molecule has 0 radical (unpaired) electrons. The first-order valence-electron chi connectivity index (χ1n) is 22.7. The van der Waals surface area contributed by atoms with Gasteiger partial charge in [-0.05, 0) is 50.4 Å². The van der Waals surface area contributed by atoms with Crippen LogP contribution in [0.1, 0.15) is 245 Å². The van der Waals surface area contributed by atoms with Crippen molar-refractivity contribution >= 4 is 23.9 Å². The summed E-state index contributed by atoms with van der Waals surface area (Å²) < 4.78 is 0. The lowest BCUT2D eigenvalue weighted by Gasteiger charge is -2.34. The summed E-state index contributed by atoms with van der Waals surface area (Å²) in [5.41, 5.74) is 0. The predicted octanol–water partition coefficient (Wildman–Crippen LogP) is 13.6. The molecular weight excluding hydrogens is 668 g/mol. The molecule has 0 saturated heterocycles. The van der Waals surface area contributed by atoms with Crippen molar-refractivity contribution in [1.29, 1.82) is 0 Å². The highest BCUT2D eigenvalue weighted by Gasteiger charge is 2.37. The zero-order valence-corrected chi connectivity index (χ0v) is 34.7. The van der Waals surface area contributed by atoms with Gasteiger partial charge in [-0.1, -0.05) is 188 Å². The van der Waals surface area contributed by atoms with E-state index in [0.717, 1.165) is 122 Å². The topological polar surface area (TPSA) is 105 Å². The van der Waals surface area contributed by atoms with Crippen molar-refractivity contribution < 1.29 is 38.7 Å². The predicted molar refractivity (Wildman–Crippen MR) is 213 cm³/mol. The first-order chi connectivity index (χ1) is 25.9. The summed E-state index contributed by atoms with van der Waals surface area (Å²) in [7, 11) is 0. The van der Waals surface area contributed by atoms with Gasteiger partial charge in [0.2, 0.25) is 0 Å². The van der Waals surface area contributed by atoms with E-state index >= 15 is 0 Å². The Morgan fingerprint density at radius 1 is 0.396 bits per heavy atom. The van der Waals surface area contributed by atoms with Crippen molar-refractivity contribution in [2.75, 3.05) is 0 Å². The number of hydrogen-bond donors (Lipinski definition) is 0. The maximum absolute atomic E-state index is 13.2. The van der Waals surface area contributed by atoms with Gasteiger partial charge in [0.1, 0.15) is 0 Å². The van der Waals surface area contributed by atoms with Crippen molar-refractivity contribution in [2.24, 2.45) is 17.8 Å². The van der Waals surface area contributed by atoms with Crippen LogP contribution in [0.5, 0.6) is 0 Å². The van der Waals surface area contributed by atoms with Gasteiger partial charge in [0.25, 0.3) is 0 Å². The molecule has 3 unspecified atom stereocenters. The fraction of sp³-hybridized carbons (Fsp3) is 0.911. The molecule has 0 aromatic rings. The summed E-state index contributed by atoms with van der Waals surface area (Å²) in [6.45, 7) is 6.65. The highest BCUT2D eigenvalue weighted by Crippen LogP contribution is 2.40. The number of hydrogen-bond acceptors (Lipinski definition) is 8. The SMILES string of the molecule is CCCCCCCCCCCC(=O)OOC(=O)CCCCCCCCC1CCC(CCCCC)C(C(=O)OOC(=O)CCCCCCCCCCC)C1. The molecular formula is C45H82O8. The third-order valence-corrected chi connectivity index (χ3v) is 11.2. The molecule has 0 spiro atoms. The summed E-state index contributed by atoms with van der Waals surface area (Å²) in [4.78, 5) is 68.9. The molecule has 1 rings (SSSR count). The fourth-order valence-electron chi connectivity index (χ4n) is 7.81. The lowest BCUT2D eigenvalue weighted by Crippen LogP contribution is -2.33. The standard InChI is InChI=1S/C45H82O8/c1-4-7-10-12-14-16-18-23-28-33-42(46)50-51-43(47)34-29-25-21-20-22-27-31-39-36-37-40(32-26-9-6-3)41(38-39)45(49)53-52-44(48)35-30-24-19-17-15-13-11-8-5-2/h39-41H,4-38H2,1-3H3. The third-order valence-electron chi connectivity index (χ3n) is 11.2. The lowest BCUT2D eigenvalue weighted by molar-refractivity contribution is -0.264. The van der Waals surface area contributed by atoms with Crippen molar-refractivity contribution in [1.82, 2.24) is 0 Å². The molecule has 0 heterocycles. The molecule has 0 N–H and O–H groups in total. The third kappa shape index (κ3) is 28.9. The van der Waals surface area contributed by atoms with Crippen molar-refractivity contribution in [2.45, 2.75) is 245 Å². The Balaban J connectivity index is 2.17. The molecule has 310 valence electrons. The fourth-order valence-corrected chi connectivity index (χ4v) is 7.81. The number of carbonyl (C=O) groups is 4. The summed E-state index contributed by atoms with van der Waals surface area (Å²) in [6.07, 6.45) is 36.7. The molecule has 8 nitrogen and oxygen atoms in total. The van der Waals surface area contributed by atoms with Crippen LogP contribution in [0.3, 0.4) is 0 Å². The summed E-state index contributed by atoms with van der Waals surface area (Å²) >= 11 is 0. The molecule has 3 atom stereocenters. The van der Waals surface area contributed by atoms with Gasteiger partial charge in [0.05, 0.1) is 25.2 Å². The smallest absolute Gasteiger partial charge is 0.247 e. The van der Waals surface area contributed by atoms with Crippen LogP contribution in [0.15, 0.2) is 0 Å². The number of rotatable bonds is 34. The van der Waals surface area contributed by atoms with Gasteiger partial charge < -0.3 is 0 Å². The Morgan fingerprint density at radius 2 is 0.736 bits per heavy atom. The number of unbranched alkanes of at least 4 members (excludes halogenated alkanes) is 23. The van der Waals surface area contributed by atoms with E-state index < -0.39 is 17.9 Å². The minimum Gasteiger partial charge on any atom is -0.247 e. The van der Waals surface area contributed by atoms with E-state index in [4.69, 9.17) is 19.6 Å². The Kier molecular flexibility index (Phi) is 32.8. The van der Waals surface area contributed by atoms with Crippen molar-refractivity contribution in [3.63, 3.8) is 0 Å². The van der Waals surface area contributed by atoms with E-state index in [1.54, 1.807) is 0 Å². The largest absolute Gasteiger partial charge is 0.358 e. The summed E-state index contributed by atoms with van der Waals surface area (Å²) in [6, 6.07) is 0. The van der Waals surface area contributed by atoms with E-state index in [1.165, 1.54) is 83.5 Å². The van der Waals surface area contributed by atoms with Gasteiger partial charge in [0, 0.05) is 0 Å². The van der Waals surface area contributed by atoms with Gasteiger partial charge in [0.15, 0.2) is 0 Å². The minimum absolute atomic E-state index is 0.194. The van der Waals surface area contributed by atoms with Gasteiger partial charge >= 0.3 is 23.9 Å². The lowest BCUT2D eigenvalue weighted by atomic mass is 9.71. The maximum atomic E-state index is 13.2. The molecule has 0 aromatic carbocycles. The molecule has 53 heavy (non-hydrogen) atoms. The van der Waals surface area contributed by atoms with Crippen LogP contribution in [-0.2, 0) is 38.7 Å². The van der Waals surface area contributed by atoms with E-state index in [-0.39, 0.29) is 18.3 Å². The second-order valence-corrected chi connectivity index (χ2v) is 16.1. The normalized spacial score (nSPS) is 17.0. The van der Waals surface area contributed by atoms with Crippen molar-refractivity contribution in [3.8, 4) is 0 Å². The monoisotopic (exact) mass is 751 g/mol.